The first kappa shape index (κ1) is 15.2. The Balaban J connectivity index is 3.36. The maximum absolute atomic E-state index is 11.6. The molecule has 0 aliphatic heterocycles. The van der Waals surface area contributed by atoms with Crippen molar-refractivity contribution in [3.8, 4) is 0 Å². The molecule has 15 heavy (non-hydrogen) atoms. The van der Waals surface area contributed by atoms with Gasteiger partial charge in [0, 0.05) is 12.3 Å². The fourth-order valence-corrected chi connectivity index (χ4v) is 3.41. The molecule has 0 aromatic heterocycles. The van der Waals surface area contributed by atoms with Crippen molar-refractivity contribution < 1.29 is 9.46 Å². The summed E-state index contributed by atoms with van der Waals surface area (Å²) in [6.07, 6.45) is 10.1. The molecule has 0 saturated heterocycles. The lowest BCUT2D eigenvalue weighted by atomic mass is 10.1. The third-order valence-corrected chi connectivity index (χ3v) is 4.75. The average molecular weight is 234 g/mol. The largest absolute Gasteiger partial charge is 0.344 e. The molecule has 0 fully saturated rings. The molecular formula is C12H27O2P. The fourth-order valence-electron chi connectivity index (χ4n) is 1.66. The van der Waals surface area contributed by atoms with E-state index in [4.69, 9.17) is 0 Å². The highest BCUT2D eigenvalue weighted by Gasteiger charge is 2.15. The molecule has 92 valence electrons. The molecule has 0 aromatic carbocycles. The number of rotatable bonds is 10. The number of unbranched alkanes of at least 4 members (excludes halogenated alkanes) is 6. The molecule has 1 atom stereocenters. The smallest absolute Gasteiger partial charge is 0.200 e. The molecule has 0 rings (SSSR count). The lowest BCUT2D eigenvalue weighted by Gasteiger charge is -2.10. The predicted octanol–water partition coefficient (Wildman–Crippen LogP) is 4.42. The van der Waals surface area contributed by atoms with Gasteiger partial charge in [0.05, 0.1) is 0 Å². The Bertz CT molecular complexity index is 180. The summed E-state index contributed by atoms with van der Waals surface area (Å²) < 4.78 is 11.6. The molecular weight excluding hydrogens is 207 g/mol. The van der Waals surface area contributed by atoms with E-state index in [2.05, 4.69) is 13.8 Å². The van der Waals surface area contributed by atoms with Crippen LogP contribution in [0, 0.1) is 0 Å². The molecule has 0 heterocycles. The van der Waals surface area contributed by atoms with Gasteiger partial charge in [-0.05, 0) is 12.8 Å². The van der Waals surface area contributed by atoms with Crippen molar-refractivity contribution in [2.24, 2.45) is 0 Å². The summed E-state index contributed by atoms with van der Waals surface area (Å²) >= 11 is 0. The van der Waals surface area contributed by atoms with Gasteiger partial charge in [-0.1, -0.05) is 52.4 Å². The van der Waals surface area contributed by atoms with Crippen LogP contribution in [-0.2, 0) is 4.57 Å². The highest BCUT2D eigenvalue weighted by Crippen LogP contribution is 2.42. The van der Waals surface area contributed by atoms with Crippen molar-refractivity contribution in [3.05, 3.63) is 0 Å². The van der Waals surface area contributed by atoms with E-state index in [0.29, 0.717) is 12.3 Å². The zero-order valence-corrected chi connectivity index (χ0v) is 11.3. The Hall–Kier alpha value is 0.190. The Morgan fingerprint density at radius 1 is 0.800 bits per heavy atom. The van der Waals surface area contributed by atoms with Crippen LogP contribution in [0.15, 0.2) is 0 Å². The van der Waals surface area contributed by atoms with E-state index in [-0.39, 0.29) is 0 Å². The number of hydrogen-bond acceptors (Lipinski definition) is 1. The third-order valence-electron chi connectivity index (χ3n) is 2.72. The summed E-state index contributed by atoms with van der Waals surface area (Å²) in [6, 6.07) is 0. The standard InChI is InChI=1S/C12H27O2P/c1-3-5-7-8-9-10-12-15(13,14)11-6-4-2/h3-12H2,1-2H3,(H,13,14). The van der Waals surface area contributed by atoms with E-state index >= 15 is 0 Å². The first-order valence-corrected chi connectivity index (χ1v) is 8.46. The monoisotopic (exact) mass is 234 g/mol. The quantitative estimate of drug-likeness (QED) is 0.449. The summed E-state index contributed by atoms with van der Waals surface area (Å²) in [7, 11) is -2.76. The Kier molecular flexibility index (Phi) is 9.54. The maximum Gasteiger partial charge on any atom is 0.200 e. The molecule has 0 aliphatic rings. The van der Waals surface area contributed by atoms with Gasteiger partial charge in [0.15, 0.2) is 0 Å². The van der Waals surface area contributed by atoms with Gasteiger partial charge in [0.2, 0.25) is 7.37 Å². The van der Waals surface area contributed by atoms with Crippen LogP contribution >= 0.6 is 7.37 Å². The van der Waals surface area contributed by atoms with Crippen LogP contribution in [0.4, 0.5) is 0 Å². The molecule has 1 unspecified atom stereocenters. The lowest BCUT2D eigenvalue weighted by molar-refractivity contribution is 0.471. The van der Waals surface area contributed by atoms with Gasteiger partial charge >= 0.3 is 0 Å². The van der Waals surface area contributed by atoms with Gasteiger partial charge < -0.3 is 4.89 Å². The molecule has 0 aliphatic carbocycles. The Morgan fingerprint density at radius 2 is 1.27 bits per heavy atom. The summed E-state index contributed by atoms with van der Waals surface area (Å²) in [5.74, 6) is 0. The van der Waals surface area contributed by atoms with Gasteiger partial charge in [-0.2, -0.15) is 0 Å². The predicted molar refractivity (Wildman–Crippen MR) is 67.8 cm³/mol. The fraction of sp³-hybridized carbons (Fsp3) is 1.00. The van der Waals surface area contributed by atoms with Gasteiger partial charge in [0.1, 0.15) is 0 Å². The topological polar surface area (TPSA) is 37.3 Å². The van der Waals surface area contributed by atoms with Crippen LogP contribution in [-0.4, -0.2) is 17.2 Å². The molecule has 0 bridgehead atoms. The van der Waals surface area contributed by atoms with Crippen LogP contribution in [0.3, 0.4) is 0 Å². The minimum atomic E-state index is -2.76. The molecule has 0 spiro atoms. The van der Waals surface area contributed by atoms with E-state index in [1.165, 1.54) is 25.7 Å². The second-order valence-corrected chi connectivity index (χ2v) is 7.00. The minimum absolute atomic E-state index is 0.526. The SMILES string of the molecule is CCCCCCCCP(=O)(O)CCCC. The molecule has 0 saturated carbocycles. The first-order valence-electron chi connectivity index (χ1n) is 6.43. The van der Waals surface area contributed by atoms with Crippen molar-refractivity contribution in [1.29, 1.82) is 0 Å². The summed E-state index contributed by atoms with van der Waals surface area (Å²) in [5, 5.41) is 0. The van der Waals surface area contributed by atoms with E-state index in [1.54, 1.807) is 0 Å². The molecule has 0 radical (unpaired) electrons. The molecule has 1 N–H and O–H groups in total. The van der Waals surface area contributed by atoms with Gasteiger partial charge in [-0.25, -0.2) is 0 Å². The van der Waals surface area contributed by atoms with E-state index in [1.807, 2.05) is 0 Å². The minimum Gasteiger partial charge on any atom is -0.344 e. The van der Waals surface area contributed by atoms with Crippen molar-refractivity contribution in [3.63, 3.8) is 0 Å². The van der Waals surface area contributed by atoms with Gasteiger partial charge in [0.25, 0.3) is 0 Å². The van der Waals surface area contributed by atoms with Gasteiger partial charge in [-0.3, -0.25) is 4.57 Å². The van der Waals surface area contributed by atoms with Crippen LogP contribution in [0.2, 0.25) is 0 Å². The van der Waals surface area contributed by atoms with Crippen LogP contribution in [0.1, 0.15) is 65.2 Å². The normalized spacial score (nSPS) is 15.1. The van der Waals surface area contributed by atoms with Crippen molar-refractivity contribution in [2.45, 2.75) is 65.2 Å². The zero-order valence-electron chi connectivity index (χ0n) is 10.4. The van der Waals surface area contributed by atoms with Crippen LogP contribution in [0.25, 0.3) is 0 Å². The van der Waals surface area contributed by atoms with Crippen molar-refractivity contribution in [2.75, 3.05) is 12.3 Å². The molecule has 2 nitrogen and oxygen atoms in total. The van der Waals surface area contributed by atoms with Crippen molar-refractivity contribution in [1.82, 2.24) is 0 Å². The second kappa shape index (κ2) is 9.42. The summed E-state index contributed by atoms with van der Waals surface area (Å²) in [4.78, 5) is 9.60. The molecule has 0 aromatic rings. The van der Waals surface area contributed by atoms with E-state index < -0.39 is 7.37 Å². The van der Waals surface area contributed by atoms with E-state index in [0.717, 1.165) is 25.7 Å². The molecule has 3 heteroatoms. The highest BCUT2D eigenvalue weighted by atomic mass is 31.2. The molecule has 0 amide bonds. The Labute approximate surface area is 94.9 Å². The summed E-state index contributed by atoms with van der Waals surface area (Å²) in [5.41, 5.74) is 0. The third kappa shape index (κ3) is 10.5. The van der Waals surface area contributed by atoms with E-state index in [9.17, 15) is 9.46 Å². The van der Waals surface area contributed by atoms with Gasteiger partial charge in [-0.15, -0.1) is 0 Å². The maximum atomic E-state index is 11.6. The first-order chi connectivity index (χ1) is 7.12. The zero-order chi connectivity index (χ0) is 11.6. The number of hydrogen-bond donors (Lipinski definition) is 1. The lowest BCUT2D eigenvalue weighted by Crippen LogP contribution is -1.95. The van der Waals surface area contributed by atoms with Crippen LogP contribution < -0.4 is 0 Å². The van der Waals surface area contributed by atoms with Crippen LogP contribution in [0.5, 0.6) is 0 Å². The highest BCUT2D eigenvalue weighted by molar-refractivity contribution is 7.57. The van der Waals surface area contributed by atoms with Crippen molar-refractivity contribution >= 4 is 7.37 Å². The summed E-state index contributed by atoms with van der Waals surface area (Å²) in [6.45, 7) is 4.26. The second-order valence-electron chi connectivity index (χ2n) is 4.41. The Morgan fingerprint density at radius 3 is 1.87 bits per heavy atom. The average Bonchev–Trinajstić information content (AvgIpc) is 2.20.